The van der Waals surface area contributed by atoms with Gasteiger partial charge in [-0.05, 0) is 29.3 Å². The Kier molecular flexibility index (Phi) is 5.10. The van der Waals surface area contributed by atoms with Gasteiger partial charge >= 0.3 is 0 Å². The van der Waals surface area contributed by atoms with Crippen LogP contribution in [0.3, 0.4) is 0 Å². The van der Waals surface area contributed by atoms with Crippen molar-refractivity contribution < 1.29 is 13.3 Å². The van der Waals surface area contributed by atoms with Crippen LogP contribution in [0.4, 0.5) is 5.69 Å². The lowest BCUT2D eigenvalue weighted by atomic mass is 10.2. The second-order valence-electron chi connectivity index (χ2n) is 4.59. The van der Waals surface area contributed by atoms with E-state index in [2.05, 4.69) is 15.9 Å². The zero-order chi connectivity index (χ0) is 16.2. The number of benzene rings is 2. The van der Waals surface area contributed by atoms with Gasteiger partial charge in [0.15, 0.2) is 9.84 Å². The summed E-state index contributed by atoms with van der Waals surface area (Å²) in [4.78, 5) is 10.2. The largest absolute Gasteiger partial charge is 0.270 e. The van der Waals surface area contributed by atoms with Gasteiger partial charge in [0.2, 0.25) is 0 Å². The number of hydrogen-bond acceptors (Lipinski definition) is 4. The van der Waals surface area contributed by atoms with Crippen LogP contribution in [0.5, 0.6) is 0 Å². The summed E-state index contributed by atoms with van der Waals surface area (Å²) in [6.45, 7) is 0. The molecule has 2 aromatic rings. The third-order valence-electron chi connectivity index (χ3n) is 2.83. The predicted octanol–water partition coefficient (Wildman–Crippen LogP) is 3.94. The monoisotopic (exact) mass is 381 g/mol. The average molecular weight is 382 g/mol. The third kappa shape index (κ3) is 4.78. The zero-order valence-corrected chi connectivity index (χ0v) is 13.7. The van der Waals surface area contributed by atoms with E-state index in [1.54, 1.807) is 30.3 Å². The quantitative estimate of drug-likeness (QED) is 0.580. The van der Waals surface area contributed by atoms with Crippen LogP contribution in [0.15, 0.2) is 58.4 Å². The normalized spacial score (nSPS) is 11.7. The van der Waals surface area contributed by atoms with E-state index in [1.165, 1.54) is 24.3 Å². The topological polar surface area (TPSA) is 77.3 Å². The summed E-state index contributed by atoms with van der Waals surface area (Å²) in [5.41, 5.74) is 1.06. The van der Waals surface area contributed by atoms with Crippen LogP contribution in [-0.4, -0.2) is 13.3 Å². The summed E-state index contributed by atoms with van der Waals surface area (Å²) in [6.07, 6.45) is 1.36. The van der Waals surface area contributed by atoms with Crippen molar-refractivity contribution >= 4 is 37.5 Å². The molecule has 0 unspecified atom stereocenters. The van der Waals surface area contributed by atoms with Gasteiger partial charge in [-0.3, -0.25) is 10.1 Å². The minimum Gasteiger partial charge on any atom is -0.258 e. The highest BCUT2D eigenvalue weighted by Crippen LogP contribution is 2.17. The molecule has 0 aliphatic carbocycles. The Balaban J connectivity index is 2.15. The van der Waals surface area contributed by atoms with Gasteiger partial charge in [-0.1, -0.05) is 40.2 Å². The van der Waals surface area contributed by atoms with Gasteiger partial charge in [0.1, 0.15) is 0 Å². The number of sulfone groups is 1. The van der Waals surface area contributed by atoms with Crippen LogP contribution >= 0.6 is 15.9 Å². The molecule has 0 aliphatic rings. The Labute approximate surface area is 136 Å². The molecule has 22 heavy (non-hydrogen) atoms. The van der Waals surface area contributed by atoms with E-state index in [0.717, 1.165) is 9.88 Å². The van der Waals surface area contributed by atoms with E-state index >= 15 is 0 Å². The molecule has 5 nitrogen and oxygen atoms in total. The first-order chi connectivity index (χ1) is 10.4. The van der Waals surface area contributed by atoms with E-state index in [0.29, 0.717) is 11.1 Å². The van der Waals surface area contributed by atoms with Crippen LogP contribution in [0.2, 0.25) is 0 Å². The fourth-order valence-corrected chi connectivity index (χ4v) is 3.17. The Morgan fingerprint density at radius 2 is 1.82 bits per heavy atom. The van der Waals surface area contributed by atoms with Crippen molar-refractivity contribution in [2.45, 2.75) is 5.75 Å². The predicted molar refractivity (Wildman–Crippen MR) is 88.9 cm³/mol. The van der Waals surface area contributed by atoms with Crippen molar-refractivity contribution in [3.8, 4) is 0 Å². The van der Waals surface area contributed by atoms with E-state index in [9.17, 15) is 18.5 Å². The van der Waals surface area contributed by atoms with Crippen molar-refractivity contribution in [3.63, 3.8) is 0 Å². The zero-order valence-electron chi connectivity index (χ0n) is 11.3. The number of non-ortho nitro benzene ring substituents is 1. The molecule has 2 aromatic carbocycles. The molecule has 2 rings (SSSR count). The highest BCUT2D eigenvalue weighted by Gasteiger charge is 2.09. The van der Waals surface area contributed by atoms with Crippen LogP contribution in [0.25, 0.3) is 6.08 Å². The highest BCUT2D eigenvalue weighted by atomic mass is 79.9. The summed E-state index contributed by atoms with van der Waals surface area (Å²) < 4.78 is 25.0. The first-order valence-electron chi connectivity index (χ1n) is 6.25. The Morgan fingerprint density at radius 1 is 1.14 bits per heavy atom. The summed E-state index contributed by atoms with van der Waals surface area (Å²) in [5, 5.41) is 11.8. The molecular weight excluding hydrogens is 370 g/mol. The molecule has 0 atom stereocenters. The second-order valence-corrected chi connectivity index (χ2v) is 7.39. The molecule has 0 aliphatic heterocycles. The van der Waals surface area contributed by atoms with Crippen LogP contribution in [0.1, 0.15) is 11.1 Å². The van der Waals surface area contributed by atoms with Crippen molar-refractivity contribution in [2.75, 3.05) is 0 Å². The molecule has 0 saturated heterocycles. The van der Waals surface area contributed by atoms with Crippen molar-refractivity contribution in [2.24, 2.45) is 0 Å². The molecule has 0 radical (unpaired) electrons. The van der Waals surface area contributed by atoms with Gasteiger partial charge in [-0.2, -0.15) is 0 Å². The maximum atomic E-state index is 12.0. The van der Waals surface area contributed by atoms with Gasteiger partial charge in [-0.15, -0.1) is 0 Å². The van der Waals surface area contributed by atoms with Crippen molar-refractivity contribution in [3.05, 3.63) is 79.7 Å². The molecular formula is C15H12BrNO4S. The van der Waals surface area contributed by atoms with Crippen LogP contribution in [0, 0.1) is 10.1 Å². The van der Waals surface area contributed by atoms with E-state index in [-0.39, 0.29) is 11.4 Å². The summed E-state index contributed by atoms with van der Waals surface area (Å²) in [7, 11) is -3.44. The van der Waals surface area contributed by atoms with Crippen molar-refractivity contribution in [1.82, 2.24) is 0 Å². The molecule has 0 amide bonds. The lowest BCUT2D eigenvalue weighted by molar-refractivity contribution is -0.384. The molecule has 0 heterocycles. The fraction of sp³-hybridized carbons (Fsp3) is 0.0667. The van der Waals surface area contributed by atoms with E-state index in [4.69, 9.17) is 0 Å². The lowest BCUT2D eigenvalue weighted by Crippen LogP contribution is -1.99. The van der Waals surface area contributed by atoms with E-state index in [1.807, 2.05) is 0 Å². The number of rotatable bonds is 5. The standard InChI is InChI=1S/C15H12BrNO4S/c16-14-6-4-13(5-7-14)11-22(20,21)9-8-12-2-1-3-15(10-12)17(18)19/h1-10H,11H2/b9-8+. The minimum absolute atomic E-state index is 0.0764. The maximum absolute atomic E-state index is 12.0. The first kappa shape index (κ1) is 16.4. The minimum atomic E-state index is -3.44. The van der Waals surface area contributed by atoms with Gasteiger partial charge in [0, 0.05) is 22.0 Å². The SMILES string of the molecule is O=[N+]([O-])c1cccc(/C=C/S(=O)(=O)Cc2ccc(Br)cc2)c1. The van der Waals surface area contributed by atoms with E-state index < -0.39 is 14.8 Å². The maximum Gasteiger partial charge on any atom is 0.270 e. The number of nitro groups is 1. The molecule has 0 aromatic heterocycles. The molecule has 0 saturated carbocycles. The Morgan fingerprint density at radius 3 is 2.45 bits per heavy atom. The highest BCUT2D eigenvalue weighted by molar-refractivity contribution is 9.10. The van der Waals surface area contributed by atoms with Crippen LogP contribution in [-0.2, 0) is 15.6 Å². The van der Waals surface area contributed by atoms with Crippen molar-refractivity contribution in [1.29, 1.82) is 0 Å². The summed E-state index contributed by atoms with van der Waals surface area (Å²) >= 11 is 3.29. The number of nitrogens with zero attached hydrogens (tertiary/aromatic N) is 1. The molecule has 0 spiro atoms. The Hall–Kier alpha value is -1.99. The fourth-order valence-electron chi connectivity index (χ4n) is 1.79. The van der Waals surface area contributed by atoms with Gasteiger partial charge in [0.05, 0.1) is 10.7 Å². The number of nitro benzene ring substituents is 1. The third-order valence-corrected chi connectivity index (χ3v) is 4.65. The first-order valence-corrected chi connectivity index (χ1v) is 8.76. The summed E-state index contributed by atoms with van der Waals surface area (Å²) in [5.74, 6) is -0.119. The average Bonchev–Trinajstić information content (AvgIpc) is 2.48. The molecule has 7 heteroatoms. The lowest BCUT2D eigenvalue weighted by Gasteiger charge is -2.00. The van der Waals surface area contributed by atoms with Crippen LogP contribution < -0.4 is 0 Å². The second kappa shape index (κ2) is 6.85. The van der Waals surface area contributed by atoms with Gasteiger partial charge < -0.3 is 0 Å². The molecule has 114 valence electrons. The molecule has 0 bridgehead atoms. The van der Waals surface area contributed by atoms with Gasteiger partial charge in [-0.25, -0.2) is 8.42 Å². The number of halogens is 1. The van der Waals surface area contributed by atoms with Gasteiger partial charge in [0.25, 0.3) is 5.69 Å². The smallest absolute Gasteiger partial charge is 0.258 e. The summed E-state index contributed by atoms with van der Waals surface area (Å²) in [6, 6.07) is 12.8. The Bertz CT molecular complexity index is 814. The number of hydrogen-bond donors (Lipinski definition) is 0. The molecule has 0 N–H and O–H groups in total. The molecule has 0 fully saturated rings.